The molecule has 0 aliphatic carbocycles. The van der Waals surface area contributed by atoms with Crippen molar-refractivity contribution >= 4 is 8.07 Å². The Labute approximate surface area is 148 Å². The Balaban J connectivity index is 2.06. The second-order valence-corrected chi connectivity index (χ2v) is 14.0. The van der Waals surface area contributed by atoms with Gasteiger partial charge >= 0.3 is 6.18 Å². The van der Waals surface area contributed by atoms with E-state index in [4.69, 9.17) is 0 Å². The Morgan fingerprint density at radius 1 is 1.00 bits per heavy atom. The zero-order chi connectivity index (χ0) is 18.5. The van der Waals surface area contributed by atoms with Crippen molar-refractivity contribution < 1.29 is 17.7 Å². The number of fused-ring (bicyclic) bond motifs is 1. The van der Waals surface area contributed by atoms with Crippen molar-refractivity contribution in [3.8, 4) is 0 Å². The third-order valence-electron chi connectivity index (χ3n) is 4.89. The van der Waals surface area contributed by atoms with Crippen LogP contribution < -0.4 is 0 Å². The molecule has 0 fully saturated rings. The van der Waals surface area contributed by atoms with Crippen LogP contribution in [0.5, 0.6) is 0 Å². The summed E-state index contributed by atoms with van der Waals surface area (Å²) in [4.78, 5) is 0. The second-order valence-electron chi connectivity index (χ2n) is 8.58. The first-order valence-electron chi connectivity index (χ1n) is 8.59. The standard InChI is InChI=1S/C20H25F3NSi/c1-24(14-25(2,3)4)13-16-7-5-6-8-18(16)19(24)15-9-11-17(12-10-15)20(21,22)23/h5-12,19H,13-14H2,1-4H3/q+1/t19-,24+/m1/s1. The van der Waals surface area contributed by atoms with Gasteiger partial charge in [-0.1, -0.05) is 56.0 Å². The number of rotatable bonds is 3. The Bertz CT molecular complexity index is 762. The zero-order valence-corrected chi connectivity index (χ0v) is 16.2. The molecule has 1 aliphatic heterocycles. The average molecular weight is 365 g/mol. The molecule has 0 spiro atoms. The lowest BCUT2D eigenvalue weighted by Crippen LogP contribution is -2.52. The van der Waals surface area contributed by atoms with Gasteiger partial charge in [-0.3, -0.25) is 0 Å². The summed E-state index contributed by atoms with van der Waals surface area (Å²) in [6.07, 6.45) is -3.20. The Kier molecular flexibility index (Phi) is 4.36. The van der Waals surface area contributed by atoms with Gasteiger partial charge in [0.15, 0.2) is 0 Å². The predicted octanol–water partition coefficient (Wildman–Crippen LogP) is 5.63. The highest BCUT2D eigenvalue weighted by Gasteiger charge is 2.45. The molecule has 25 heavy (non-hydrogen) atoms. The third kappa shape index (κ3) is 3.67. The first-order chi connectivity index (χ1) is 11.5. The summed E-state index contributed by atoms with van der Waals surface area (Å²) in [5.41, 5.74) is 2.96. The van der Waals surface area contributed by atoms with Crippen LogP contribution >= 0.6 is 0 Å². The smallest absolute Gasteiger partial charge is 0.316 e. The Morgan fingerprint density at radius 3 is 2.16 bits per heavy atom. The van der Waals surface area contributed by atoms with Crippen molar-refractivity contribution in [2.45, 2.75) is 38.4 Å². The normalized spacial score (nSPS) is 23.6. The molecule has 0 radical (unpaired) electrons. The molecule has 0 amide bonds. The minimum atomic E-state index is -4.29. The second kappa shape index (κ2) is 5.99. The number of nitrogens with zero attached hydrogens (tertiary/aromatic N) is 1. The topological polar surface area (TPSA) is 0 Å². The fourth-order valence-electron chi connectivity index (χ4n) is 4.39. The van der Waals surface area contributed by atoms with E-state index in [-0.39, 0.29) is 6.04 Å². The lowest BCUT2D eigenvalue weighted by molar-refractivity contribution is -0.930. The van der Waals surface area contributed by atoms with Crippen LogP contribution in [0, 0.1) is 0 Å². The first kappa shape index (κ1) is 18.2. The van der Waals surface area contributed by atoms with Crippen molar-refractivity contribution in [1.82, 2.24) is 0 Å². The van der Waals surface area contributed by atoms with Crippen LogP contribution in [0.3, 0.4) is 0 Å². The fourth-order valence-corrected chi connectivity index (χ4v) is 6.85. The highest BCUT2D eigenvalue weighted by molar-refractivity contribution is 6.76. The van der Waals surface area contributed by atoms with Crippen molar-refractivity contribution in [3.63, 3.8) is 0 Å². The molecule has 0 unspecified atom stereocenters. The number of quaternary nitrogens is 1. The molecule has 1 aliphatic rings. The van der Waals surface area contributed by atoms with Gasteiger partial charge in [-0.25, -0.2) is 0 Å². The van der Waals surface area contributed by atoms with Gasteiger partial charge < -0.3 is 4.48 Å². The van der Waals surface area contributed by atoms with Crippen molar-refractivity contribution in [3.05, 3.63) is 70.8 Å². The summed E-state index contributed by atoms with van der Waals surface area (Å²) in [7, 11) is 0.894. The number of halogens is 3. The molecule has 0 saturated heterocycles. The molecule has 134 valence electrons. The van der Waals surface area contributed by atoms with Crippen LogP contribution in [0.4, 0.5) is 13.2 Å². The van der Waals surface area contributed by atoms with E-state index in [1.807, 2.05) is 12.1 Å². The van der Waals surface area contributed by atoms with Crippen LogP contribution in [0.1, 0.15) is 28.3 Å². The molecular formula is C20H25F3NSi+. The lowest BCUT2D eigenvalue weighted by atomic mass is 9.96. The molecule has 0 bridgehead atoms. The van der Waals surface area contributed by atoms with Gasteiger partial charge in [0.05, 0.1) is 18.8 Å². The highest BCUT2D eigenvalue weighted by atomic mass is 28.3. The maximum Gasteiger partial charge on any atom is 0.416 e. The lowest BCUT2D eigenvalue weighted by Gasteiger charge is -2.40. The van der Waals surface area contributed by atoms with Gasteiger partial charge in [0.1, 0.15) is 20.7 Å². The fraction of sp³-hybridized carbons (Fsp3) is 0.400. The maximum absolute atomic E-state index is 12.9. The van der Waals surface area contributed by atoms with E-state index >= 15 is 0 Å². The molecule has 0 N–H and O–H groups in total. The summed E-state index contributed by atoms with van der Waals surface area (Å²) < 4.78 is 39.6. The molecular weight excluding hydrogens is 339 g/mol. The van der Waals surface area contributed by atoms with Crippen molar-refractivity contribution in [1.29, 1.82) is 0 Å². The summed E-state index contributed by atoms with van der Waals surface area (Å²) in [6, 6.07) is 14.2. The zero-order valence-electron chi connectivity index (χ0n) is 15.2. The number of hydrogen-bond acceptors (Lipinski definition) is 0. The molecule has 2 aromatic carbocycles. The van der Waals surface area contributed by atoms with Gasteiger partial charge in [-0.2, -0.15) is 13.2 Å². The minimum absolute atomic E-state index is 0.102. The van der Waals surface area contributed by atoms with E-state index < -0.39 is 19.8 Å². The maximum atomic E-state index is 12.9. The van der Waals surface area contributed by atoms with E-state index in [0.717, 1.165) is 22.8 Å². The Morgan fingerprint density at radius 2 is 1.60 bits per heavy atom. The number of hydrogen-bond donors (Lipinski definition) is 0. The van der Waals surface area contributed by atoms with Gasteiger partial charge in [0.25, 0.3) is 0 Å². The Hall–Kier alpha value is -1.59. The van der Waals surface area contributed by atoms with E-state index in [2.05, 4.69) is 38.8 Å². The van der Waals surface area contributed by atoms with Crippen LogP contribution in [-0.4, -0.2) is 25.8 Å². The van der Waals surface area contributed by atoms with Gasteiger partial charge in [-0.15, -0.1) is 0 Å². The first-order valence-corrected chi connectivity index (χ1v) is 12.3. The third-order valence-corrected chi connectivity index (χ3v) is 6.56. The molecule has 2 atom stereocenters. The predicted molar refractivity (Wildman–Crippen MR) is 97.8 cm³/mol. The monoisotopic (exact) mass is 364 g/mol. The summed E-state index contributed by atoms with van der Waals surface area (Å²) >= 11 is 0. The van der Waals surface area contributed by atoms with E-state index in [9.17, 15) is 13.2 Å². The number of alkyl halides is 3. The van der Waals surface area contributed by atoms with Crippen molar-refractivity contribution in [2.75, 3.05) is 13.2 Å². The van der Waals surface area contributed by atoms with Crippen LogP contribution in [0.25, 0.3) is 0 Å². The van der Waals surface area contributed by atoms with Gasteiger partial charge in [-0.05, 0) is 12.1 Å². The molecule has 1 heterocycles. The summed E-state index contributed by atoms with van der Waals surface area (Å²) in [5.74, 6) is 0. The summed E-state index contributed by atoms with van der Waals surface area (Å²) in [6.45, 7) is 7.99. The van der Waals surface area contributed by atoms with Crippen LogP contribution in [0.2, 0.25) is 19.6 Å². The molecule has 0 saturated carbocycles. The quantitative estimate of drug-likeness (QED) is 0.489. The minimum Gasteiger partial charge on any atom is -0.316 e. The van der Waals surface area contributed by atoms with Gasteiger partial charge in [0, 0.05) is 16.7 Å². The average Bonchev–Trinajstić information content (AvgIpc) is 2.75. The highest BCUT2D eigenvalue weighted by Crippen LogP contribution is 2.44. The number of benzene rings is 2. The molecule has 1 nitrogen and oxygen atoms in total. The van der Waals surface area contributed by atoms with Crippen LogP contribution in [-0.2, 0) is 12.7 Å². The largest absolute Gasteiger partial charge is 0.416 e. The van der Waals surface area contributed by atoms with Crippen molar-refractivity contribution in [2.24, 2.45) is 0 Å². The van der Waals surface area contributed by atoms with Gasteiger partial charge in [0.2, 0.25) is 0 Å². The molecule has 0 aromatic heterocycles. The van der Waals surface area contributed by atoms with Crippen LogP contribution in [0.15, 0.2) is 48.5 Å². The molecule has 5 heteroatoms. The van der Waals surface area contributed by atoms with E-state index in [1.165, 1.54) is 23.3 Å². The SMILES string of the molecule is C[N@@+]1(C[Si](C)(C)C)Cc2ccccc2[C@H]1c1ccc(C(F)(F)F)cc1. The molecule has 3 rings (SSSR count). The van der Waals surface area contributed by atoms with E-state index in [0.29, 0.717) is 0 Å². The molecule has 2 aromatic rings. The van der Waals surface area contributed by atoms with E-state index in [1.54, 1.807) is 12.1 Å². The summed E-state index contributed by atoms with van der Waals surface area (Å²) in [5, 5.41) is 0.